The van der Waals surface area contributed by atoms with Gasteiger partial charge in [0.05, 0.1) is 5.00 Å². The van der Waals surface area contributed by atoms with Crippen molar-refractivity contribution >= 4 is 60.3 Å². The second-order valence-corrected chi connectivity index (χ2v) is 13.0. The molecule has 48 heavy (non-hydrogen) atoms. The summed E-state index contributed by atoms with van der Waals surface area (Å²) in [5.74, 6) is 0. The van der Waals surface area contributed by atoms with Crippen molar-refractivity contribution in [3.05, 3.63) is 175 Å². The Labute approximate surface area is 285 Å². The maximum absolute atomic E-state index is 6.46. The van der Waals surface area contributed by atoms with E-state index in [1.54, 1.807) is 11.3 Å². The molecule has 0 aliphatic carbocycles. The average Bonchev–Trinajstić information content (AvgIpc) is 3.47. The van der Waals surface area contributed by atoms with Crippen molar-refractivity contribution in [2.75, 3.05) is 10.6 Å². The van der Waals surface area contributed by atoms with Crippen LogP contribution in [0.15, 0.2) is 170 Å². The zero-order valence-electron chi connectivity index (χ0n) is 26.7. The summed E-state index contributed by atoms with van der Waals surface area (Å²) < 4.78 is 1.20. The van der Waals surface area contributed by atoms with E-state index >= 15 is 0 Å². The molecule has 1 heterocycles. The van der Waals surface area contributed by atoms with Gasteiger partial charge in [0, 0.05) is 32.7 Å². The van der Waals surface area contributed by atoms with E-state index in [0.29, 0.717) is 0 Å². The number of nitrogens with two attached hydrogens (primary N) is 1. The SMILES string of the molecule is C/C=C\c1c(N)sc2cccc(-c3ccc(N(c4ccc(-c5ccccc5)cc4)c4ccc(-c5ccc6ccccc6c5)cc4)cc3)c12. The highest BCUT2D eigenvalue weighted by atomic mass is 32.1. The lowest BCUT2D eigenvalue weighted by molar-refractivity contribution is 1.28. The van der Waals surface area contributed by atoms with Gasteiger partial charge in [-0.1, -0.05) is 127 Å². The number of nitrogen functional groups attached to an aromatic ring is 1. The molecular weight excluding hydrogens is 601 g/mol. The van der Waals surface area contributed by atoms with Crippen LogP contribution in [0.2, 0.25) is 0 Å². The van der Waals surface area contributed by atoms with E-state index in [-0.39, 0.29) is 0 Å². The van der Waals surface area contributed by atoms with Crippen LogP contribution in [0.4, 0.5) is 22.1 Å². The van der Waals surface area contributed by atoms with E-state index in [2.05, 4.69) is 181 Å². The van der Waals surface area contributed by atoms with Crippen LogP contribution in [0.3, 0.4) is 0 Å². The number of hydrogen-bond acceptors (Lipinski definition) is 3. The minimum absolute atomic E-state index is 0.851. The molecule has 0 radical (unpaired) electrons. The number of allylic oxidation sites excluding steroid dienone is 1. The highest BCUT2D eigenvalue weighted by molar-refractivity contribution is 7.23. The van der Waals surface area contributed by atoms with Crippen LogP contribution < -0.4 is 10.6 Å². The van der Waals surface area contributed by atoms with Crippen molar-refractivity contribution in [1.29, 1.82) is 0 Å². The molecule has 0 fully saturated rings. The Morgan fingerprint density at radius 2 is 1.04 bits per heavy atom. The Bertz CT molecular complexity index is 2380. The summed E-state index contributed by atoms with van der Waals surface area (Å²) in [4.78, 5) is 2.33. The summed E-state index contributed by atoms with van der Waals surface area (Å²) in [5.41, 5.74) is 18.0. The zero-order valence-corrected chi connectivity index (χ0v) is 27.5. The van der Waals surface area contributed by atoms with Crippen molar-refractivity contribution in [2.45, 2.75) is 6.92 Å². The van der Waals surface area contributed by atoms with Crippen molar-refractivity contribution in [3.63, 3.8) is 0 Å². The van der Waals surface area contributed by atoms with Crippen molar-refractivity contribution < 1.29 is 0 Å². The maximum Gasteiger partial charge on any atom is 0.0942 e. The quantitative estimate of drug-likeness (QED) is 0.189. The second-order valence-electron chi connectivity index (χ2n) is 12.0. The van der Waals surface area contributed by atoms with Gasteiger partial charge in [-0.25, -0.2) is 0 Å². The fraction of sp³-hybridized carbons (Fsp3) is 0.0222. The van der Waals surface area contributed by atoms with E-state index in [1.165, 1.54) is 54.2 Å². The lowest BCUT2D eigenvalue weighted by Crippen LogP contribution is -2.09. The van der Waals surface area contributed by atoms with E-state index in [1.807, 2.05) is 6.92 Å². The molecule has 0 saturated carbocycles. The molecule has 0 aliphatic rings. The summed E-state index contributed by atoms with van der Waals surface area (Å²) >= 11 is 1.65. The van der Waals surface area contributed by atoms with Crippen molar-refractivity contribution in [3.8, 4) is 33.4 Å². The molecule has 8 aromatic rings. The van der Waals surface area contributed by atoms with E-state index in [9.17, 15) is 0 Å². The molecule has 0 unspecified atom stereocenters. The third-order valence-corrected chi connectivity index (χ3v) is 9.99. The Hall–Kier alpha value is -5.90. The maximum atomic E-state index is 6.46. The normalized spacial score (nSPS) is 11.4. The summed E-state index contributed by atoms with van der Waals surface area (Å²) in [7, 11) is 0. The van der Waals surface area contributed by atoms with Crippen LogP contribution in [-0.2, 0) is 0 Å². The molecule has 0 atom stereocenters. The fourth-order valence-electron chi connectivity index (χ4n) is 6.61. The molecule has 0 spiro atoms. The third kappa shape index (κ3) is 5.55. The van der Waals surface area contributed by atoms with Gasteiger partial charge in [-0.15, -0.1) is 11.3 Å². The van der Waals surface area contributed by atoms with Gasteiger partial charge in [0.25, 0.3) is 0 Å². The van der Waals surface area contributed by atoms with E-state index in [0.717, 1.165) is 27.6 Å². The smallest absolute Gasteiger partial charge is 0.0942 e. The van der Waals surface area contributed by atoms with Crippen LogP contribution in [-0.4, -0.2) is 0 Å². The van der Waals surface area contributed by atoms with Gasteiger partial charge in [-0.05, 0) is 99.6 Å². The Kier molecular flexibility index (Phi) is 7.81. The number of fused-ring (bicyclic) bond motifs is 2. The van der Waals surface area contributed by atoms with E-state index < -0.39 is 0 Å². The Morgan fingerprint density at radius 3 is 1.69 bits per heavy atom. The van der Waals surface area contributed by atoms with Gasteiger partial charge < -0.3 is 10.6 Å². The molecule has 8 rings (SSSR count). The summed E-state index contributed by atoms with van der Waals surface area (Å²) in [6.45, 7) is 2.04. The molecule has 2 nitrogen and oxygen atoms in total. The largest absolute Gasteiger partial charge is 0.390 e. The van der Waals surface area contributed by atoms with E-state index in [4.69, 9.17) is 5.73 Å². The third-order valence-electron chi connectivity index (χ3n) is 8.99. The highest BCUT2D eigenvalue weighted by Gasteiger charge is 2.16. The molecular formula is C45H34N2S. The van der Waals surface area contributed by atoms with Gasteiger partial charge in [-0.2, -0.15) is 0 Å². The standard InChI is InChI=1S/C45H34N2S/c1-2-9-42-44-41(14-8-15-43(44)48-45(42)46)35-22-28-40(29-23-35)47(38-24-18-33(19-25-38)31-10-4-3-5-11-31)39-26-20-34(21-27-39)37-17-16-32-12-6-7-13-36(32)30-37/h2-30H,46H2,1H3/b9-2-. The van der Waals surface area contributed by atoms with Gasteiger partial charge in [0.2, 0.25) is 0 Å². The highest BCUT2D eigenvalue weighted by Crippen LogP contribution is 2.42. The Balaban J connectivity index is 1.19. The molecule has 7 aromatic carbocycles. The van der Waals surface area contributed by atoms with Gasteiger partial charge in [0.1, 0.15) is 0 Å². The first-order chi connectivity index (χ1) is 23.7. The monoisotopic (exact) mass is 634 g/mol. The molecule has 0 amide bonds. The molecule has 3 heteroatoms. The Morgan fingerprint density at radius 1 is 0.500 bits per heavy atom. The van der Waals surface area contributed by atoms with Crippen LogP contribution in [0.1, 0.15) is 12.5 Å². The number of thiophene rings is 1. The molecule has 0 saturated heterocycles. The van der Waals surface area contributed by atoms with Crippen LogP contribution in [0.5, 0.6) is 0 Å². The molecule has 230 valence electrons. The topological polar surface area (TPSA) is 29.3 Å². The molecule has 0 aliphatic heterocycles. The number of anilines is 4. The van der Waals surface area contributed by atoms with Gasteiger partial charge in [0.15, 0.2) is 0 Å². The first kappa shape index (κ1) is 29.5. The second kappa shape index (κ2) is 12.7. The first-order valence-corrected chi connectivity index (χ1v) is 17.1. The number of rotatable bonds is 7. The van der Waals surface area contributed by atoms with Crippen molar-refractivity contribution in [2.24, 2.45) is 0 Å². The van der Waals surface area contributed by atoms with Crippen LogP contribution in [0, 0.1) is 0 Å². The predicted octanol–water partition coefficient (Wildman–Crippen LogP) is 13.1. The van der Waals surface area contributed by atoms with Gasteiger partial charge >= 0.3 is 0 Å². The van der Waals surface area contributed by atoms with Crippen molar-refractivity contribution in [1.82, 2.24) is 0 Å². The fourth-order valence-corrected chi connectivity index (χ4v) is 7.59. The average molecular weight is 635 g/mol. The number of benzene rings is 7. The van der Waals surface area contributed by atoms with Crippen LogP contribution in [0.25, 0.3) is 60.3 Å². The minimum atomic E-state index is 0.851. The first-order valence-electron chi connectivity index (χ1n) is 16.3. The van der Waals surface area contributed by atoms with Gasteiger partial charge in [-0.3, -0.25) is 0 Å². The zero-order chi connectivity index (χ0) is 32.5. The predicted molar refractivity (Wildman–Crippen MR) is 209 cm³/mol. The number of nitrogens with zero attached hydrogens (tertiary/aromatic N) is 1. The lowest BCUT2D eigenvalue weighted by Gasteiger charge is -2.26. The van der Waals surface area contributed by atoms with Crippen LogP contribution >= 0.6 is 11.3 Å². The number of hydrogen-bond donors (Lipinski definition) is 1. The minimum Gasteiger partial charge on any atom is -0.390 e. The molecule has 1 aromatic heterocycles. The lowest BCUT2D eigenvalue weighted by atomic mass is 9.98. The summed E-state index contributed by atoms with van der Waals surface area (Å²) in [6, 6.07) is 58.8. The molecule has 0 bridgehead atoms. The summed E-state index contributed by atoms with van der Waals surface area (Å²) in [6.07, 6.45) is 4.18. The summed E-state index contributed by atoms with van der Waals surface area (Å²) in [5, 5.41) is 4.56. The molecule has 2 N–H and O–H groups in total.